The van der Waals surface area contributed by atoms with Gasteiger partial charge in [0.25, 0.3) is 0 Å². The van der Waals surface area contributed by atoms with Gasteiger partial charge in [-0.1, -0.05) is 0 Å². The fraction of sp³-hybridized carbons (Fsp3) is 0.909. The molecule has 0 aliphatic carbocycles. The van der Waals surface area contributed by atoms with Gasteiger partial charge in [-0.3, -0.25) is 9.69 Å². The summed E-state index contributed by atoms with van der Waals surface area (Å²) >= 11 is 0. The first kappa shape index (κ1) is 12.5. The number of hydrogen-bond acceptors (Lipinski definition) is 4. The van der Waals surface area contributed by atoms with Gasteiger partial charge in [0.2, 0.25) is 0 Å². The van der Waals surface area contributed by atoms with Crippen LogP contribution in [-0.2, 0) is 9.53 Å². The van der Waals surface area contributed by atoms with Crippen LogP contribution in [-0.4, -0.2) is 47.8 Å². The topological polar surface area (TPSA) is 49.8 Å². The molecule has 1 saturated heterocycles. The van der Waals surface area contributed by atoms with E-state index in [1.807, 2.05) is 6.92 Å². The number of esters is 1. The third kappa shape index (κ3) is 3.80. The lowest BCUT2D eigenvalue weighted by atomic mass is 10.2. The summed E-state index contributed by atoms with van der Waals surface area (Å²) in [5, 5.41) is 9.20. The molecule has 2 unspecified atom stereocenters. The molecule has 1 heterocycles. The normalized spacial score (nSPS) is 24.1. The maximum Gasteiger partial charge on any atom is 0.323 e. The van der Waals surface area contributed by atoms with Crippen molar-refractivity contribution in [1.82, 2.24) is 4.90 Å². The summed E-state index contributed by atoms with van der Waals surface area (Å²) in [6.45, 7) is 5.76. The van der Waals surface area contributed by atoms with Gasteiger partial charge in [-0.05, 0) is 39.7 Å². The molecule has 1 fully saturated rings. The van der Waals surface area contributed by atoms with E-state index < -0.39 is 0 Å². The van der Waals surface area contributed by atoms with Crippen LogP contribution < -0.4 is 0 Å². The minimum atomic E-state index is -0.298. The predicted octanol–water partition coefficient (Wildman–Crippen LogP) is 0.785. The SMILES string of the molecule is CCOC(=O)C1CCCN1CCC(C)O. The average Bonchev–Trinajstić information content (AvgIpc) is 2.62. The molecule has 4 nitrogen and oxygen atoms in total. The van der Waals surface area contributed by atoms with Gasteiger partial charge in [0.05, 0.1) is 12.7 Å². The van der Waals surface area contributed by atoms with Gasteiger partial charge in [-0.15, -0.1) is 0 Å². The highest BCUT2D eigenvalue weighted by Crippen LogP contribution is 2.18. The lowest BCUT2D eigenvalue weighted by Crippen LogP contribution is -2.38. The summed E-state index contributed by atoms with van der Waals surface area (Å²) in [4.78, 5) is 13.7. The highest BCUT2D eigenvalue weighted by Gasteiger charge is 2.31. The van der Waals surface area contributed by atoms with E-state index in [0.29, 0.717) is 6.61 Å². The van der Waals surface area contributed by atoms with E-state index in [0.717, 1.165) is 32.4 Å². The Bertz CT molecular complexity index is 206. The second kappa shape index (κ2) is 6.08. The zero-order valence-electron chi connectivity index (χ0n) is 9.61. The van der Waals surface area contributed by atoms with Crippen LogP contribution in [0.25, 0.3) is 0 Å². The Morgan fingerprint density at radius 1 is 1.67 bits per heavy atom. The summed E-state index contributed by atoms with van der Waals surface area (Å²) in [7, 11) is 0. The van der Waals surface area contributed by atoms with Crippen LogP contribution in [0.1, 0.15) is 33.1 Å². The number of aliphatic hydroxyl groups excluding tert-OH is 1. The largest absolute Gasteiger partial charge is 0.465 e. The van der Waals surface area contributed by atoms with Gasteiger partial charge in [0, 0.05) is 6.54 Å². The maximum atomic E-state index is 11.6. The van der Waals surface area contributed by atoms with Crippen LogP contribution >= 0.6 is 0 Å². The third-order valence-corrected chi connectivity index (χ3v) is 2.76. The molecular weight excluding hydrogens is 194 g/mol. The second-order valence-electron chi connectivity index (χ2n) is 4.08. The number of carbonyl (C=O) groups excluding carboxylic acids is 1. The van der Waals surface area contributed by atoms with Crippen molar-refractivity contribution in [3.63, 3.8) is 0 Å². The summed E-state index contributed by atoms with van der Waals surface area (Å²) < 4.78 is 5.02. The summed E-state index contributed by atoms with van der Waals surface area (Å²) in [6.07, 6.45) is 2.35. The molecule has 1 N–H and O–H groups in total. The first-order valence-corrected chi connectivity index (χ1v) is 5.74. The highest BCUT2D eigenvalue weighted by molar-refractivity contribution is 5.76. The van der Waals surface area contributed by atoms with Crippen molar-refractivity contribution in [2.75, 3.05) is 19.7 Å². The van der Waals surface area contributed by atoms with Crippen molar-refractivity contribution < 1.29 is 14.6 Å². The van der Waals surface area contributed by atoms with E-state index >= 15 is 0 Å². The third-order valence-electron chi connectivity index (χ3n) is 2.76. The molecule has 15 heavy (non-hydrogen) atoms. The number of rotatable bonds is 5. The van der Waals surface area contributed by atoms with E-state index in [2.05, 4.69) is 4.90 Å². The van der Waals surface area contributed by atoms with Crippen molar-refractivity contribution >= 4 is 5.97 Å². The van der Waals surface area contributed by atoms with E-state index in [1.54, 1.807) is 6.92 Å². The molecule has 1 aliphatic heterocycles. The number of hydrogen-bond donors (Lipinski definition) is 1. The molecule has 0 spiro atoms. The lowest BCUT2D eigenvalue weighted by Gasteiger charge is -2.23. The molecule has 1 rings (SSSR count). The Balaban J connectivity index is 2.38. The number of likely N-dealkylation sites (tertiary alicyclic amines) is 1. The molecule has 4 heteroatoms. The molecule has 0 bridgehead atoms. The predicted molar refractivity (Wildman–Crippen MR) is 57.5 cm³/mol. The van der Waals surface area contributed by atoms with Crippen LogP contribution in [0, 0.1) is 0 Å². The molecule has 0 aromatic carbocycles. The quantitative estimate of drug-likeness (QED) is 0.689. The Labute approximate surface area is 91.2 Å². The first-order valence-electron chi connectivity index (χ1n) is 5.74. The van der Waals surface area contributed by atoms with Crippen LogP contribution in [0.3, 0.4) is 0 Å². The monoisotopic (exact) mass is 215 g/mol. The van der Waals surface area contributed by atoms with E-state index in [-0.39, 0.29) is 18.1 Å². The lowest BCUT2D eigenvalue weighted by molar-refractivity contribution is -0.148. The van der Waals surface area contributed by atoms with E-state index in [9.17, 15) is 9.90 Å². The molecule has 0 saturated carbocycles. The Morgan fingerprint density at radius 3 is 3.00 bits per heavy atom. The Morgan fingerprint density at radius 2 is 2.40 bits per heavy atom. The minimum Gasteiger partial charge on any atom is -0.465 e. The molecule has 88 valence electrons. The minimum absolute atomic E-state index is 0.0799. The van der Waals surface area contributed by atoms with Crippen molar-refractivity contribution in [3.05, 3.63) is 0 Å². The Hall–Kier alpha value is -0.610. The molecule has 0 aromatic heterocycles. The van der Waals surface area contributed by atoms with Crippen LogP contribution in [0.2, 0.25) is 0 Å². The van der Waals surface area contributed by atoms with Gasteiger partial charge in [-0.25, -0.2) is 0 Å². The smallest absolute Gasteiger partial charge is 0.323 e. The first-order chi connectivity index (χ1) is 7.15. The van der Waals surface area contributed by atoms with Crippen molar-refractivity contribution in [2.45, 2.75) is 45.3 Å². The summed E-state index contributed by atoms with van der Waals surface area (Å²) in [6, 6.07) is -0.0799. The standard InChI is InChI=1S/C11H21NO3/c1-3-15-11(14)10-5-4-7-12(10)8-6-9(2)13/h9-10,13H,3-8H2,1-2H3. The molecule has 2 atom stereocenters. The van der Waals surface area contributed by atoms with Gasteiger partial charge in [0.15, 0.2) is 0 Å². The molecule has 0 aromatic rings. The van der Waals surface area contributed by atoms with Crippen LogP contribution in [0.15, 0.2) is 0 Å². The summed E-state index contributed by atoms with van der Waals surface area (Å²) in [5.41, 5.74) is 0. The average molecular weight is 215 g/mol. The van der Waals surface area contributed by atoms with Crippen molar-refractivity contribution in [1.29, 1.82) is 0 Å². The zero-order chi connectivity index (χ0) is 11.3. The number of carbonyl (C=O) groups is 1. The second-order valence-corrected chi connectivity index (χ2v) is 4.08. The maximum absolute atomic E-state index is 11.6. The van der Waals surface area contributed by atoms with Gasteiger partial charge in [0.1, 0.15) is 6.04 Å². The number of aliphatic hydroxyl groups is 1. The molecular formula is C11H21NO3. The molecule has 0 amide bonds. The molecule has 0 radical (unpaired) electrons. The highest BCUT2D eigenvalue weighted by atomic mass is 16.5. The van der Waals surface area contributed by atoms with Gasteiger partial charge in [-0.2, -0.15) is 0 Å². The number of ether oxygens (including phenoxy) is 1. The van der Waals surface area contributed by atoms with Gasteiger partial charge >= 0.3 is 5.97 Å². The fourth-order valence-electron chi connectivity index (χ4n) is 1.95. The van der Waals surface area contributed by atoms with Crippen molar-refractivity contribution in [3.8, 4) is 0 Å². The number of nitrogens with zero attached hydrogens (tertiary/aromatic N) is 1. The summed E-state index contributed by atoms with van der Waals surface area (Å²) in [5.74, 6) is -0.111. The van der Waals surface area contributed by atoms with E-state index in [1.165, 1.54) is 0 Å². The fourth-order valence-corrected chi connectivity index (χ4v) is 1.95. The van der Waals surface area contributed by atoms with Crippen LogP contribution in [0.4, 0.5) is 0 Å². The molecule has 1 aliphatic rings. The Kier molecular flexibility index (Phi) is 5.05. The van der Waals surface area contributed by atoms with E-state index in [4.69, 9.17) is 4.74 Å². The zero-order valence-corrected chi connectivity index (χ0v) is 9.61. The van der Waals surface area contributed by atoms with Crippen molar-refractivity contribution in [2.24, 2.45) is 0 Å². The van der Waals surface area contributed by atoms with Crippen LogP contribution in [0.5, 0.6) is 0 Å². The van der Waals surface area contributed by atoms with Gasteiger partial charge < -0.3 is 9.84 Å².